The molecule has 7 nitrogen and oxygen atoms in total. The van der Waals surface area contributed by atoms with E-state index in [0.29, 0.717) is 41.2 Å². The molecule has 0 amide bonds. The summed E-state index contributed by atoms with van der Waals surface area (Å²) in [6.07, 6.45) is 3.12. The largest absolute Gasteiger partial charge is 0.477 e. The first-order chi connectivity index (χ1) is 14.4. The Balaban J connectivity index is 1.71. The Morgan fingerprint density at radius 1 is 1.27 bits per heavy atom. The van der Waals surface area contributed by atoms with Crippen molar-refractivity contribution in [2.45, 2.75) is 18.9 Å². The van der Waals surface area contributed by atoms with E-state index in [1.807, 2.05) is 17.0 Å². The molecule has 1 unspecified atom stereocenters. The van der Waals surface area contributed by atoms with Gasteiger partial charge in [-0.15, -0.1) is 0 Å². The number of carboxylic acid groups (broad SMARTS) is 1. The maximum atomic E-state index is 15.6. The number of nitrogens with two attached hydrogens (primary N) is 1. The molecule has 2 aromatic heterocycles. The molecule has 2 aliphatic heterocycles. The molecule has 1 aromatic carbocycles. The average molecular weight is 407 g/mol. The van der Waals surface area contributed by atoms with Crippen LogP contribution in [0.25, 0.3) is 16.6 Å². The number of ether oxygens (including phenoxy) is 1. The number of carboxylic acids is 1. The molecule has 0 bridgehead atoms. The zero-order valence-electron chi connectivity index (χ0n) is 15.9. The Labute approximate surface area is 170 Å². The molecular formula is C22H18FN3O4. The van der Waals surface area contributed by atoms with Gasteiger partial charge in [-0.3, -0.25) is 9.20 Å². The highest BCUT2D eigenvalue weighted by Crippen LogP contribution is 2.55. The lowest BCUT2D eigenvalue weighted by atomic mass is 9.97. The molecular weight excluding hydrogens is 389 g/mol. The summed E-state index contributed by atoms with van der Waals surface area (Å²) in [7, 11) is 0. The molecule has 1 spiro atoms. The number of hydrogen-bond donors (Lipinski definition) is 2. The third-order valence-corrected chi connectivity index (χ3v) is 6.67. The van der Waals surface area contributed by atoms with Gasteiger partial charge in [0.05, 0.1) is 11.9 Å². The van der Waals surface area contributed by atoms with E-state index in [9.17, 15) is 14.7 Å². The van der Waals surface area contributed by atoms with Gasteiger partial charge in [0.25, 0.3) is 5.56 Å². The fourth-order valence-corrected chi connectivity index (χ4v) is 4.91. The molecule has 2 fully saturated rings. The van der Waals surface area contributed by atoms with Gasteiger partial charge in [0, 0.05) is 41.7 Å². The van der Waals surface area contributed by atoms with Crippen molar-refractivity contribution in [3.05, 3.63) is 58.3 Å². The fraction of sp³-hybridized carbons (Fsp3) is 0.273. The van der Waals surface area contributed by atoms with Crippen LogP contribution in [0.2, 0.25) is 0 Å². The highest BCUT2D eigenvalue weighted by atomic mass is 19.1. The minimum Gasteiger partial charge on any atom is -0.477 e. The summed E-state index contributed by atoms with van der Waals surface area (Å²) in [6, 6.07) is 8.35. The summed E-state index contributed by atoms with van der Waals surface area (Å²) < 4.78 is 22.5. The van der Waals surface area contributed by atoms with Crippen LogP contribution in [0.4, 0.5) is 10.1 Å². The van der Waals surface area contributed by atoms with Crippen molar-refractivity contribution in [2.24, 2.45) is 11.1 Å². The standard InChI is InChI=1S/C22H18FN3O4/c23-13-8-26-19-15(7-12(20(26)27)21(28)29)30-14-4-2-1-3-11(14)17(19)18(13)25-9-16(24)22(10-25)5-6-22/h1-4,7-8,16H,5-6,9-10,24H2,(H,28,29). The van der Waals surface area contributed by atoms with Gasteiger partial charge in [-0.2, -0.15) is 0 Å². The van der Waals surface area contributed by atoms with Crippen molar-refractivity contribution in [3.8, 4) is 22.6 Å². The lowest BCUT2D eigenvalue weighted by molar-refractivity contribution is 0.0694. The van der Waals surface area contributed by atoms with Crippen LogP contribution < -0.4 is 20.9 Å². The maximum absolute atomic E-state index is 15.6. The van der Waals surface area contributed by atoms with E-state index in [-0.39, 0.29) is 17.2 Å². The Morgan fingerprint density at radius 3 is 2.73 bits per heavy atom. The molecule has 4 heterocycles. The van der Waals surface area contributed by atoms with Crippen LogP contribution in [0.15, 0.2) is 41.3 Å². The number of fused-ring (bicyclic) bond motifs is 2. The molecule has 152 valence electrons. The Hall–Kier alpha value is -3.39. The predicted molar refractivity (Wildman–Crippen MR) is 108 cm³/mol. The summed E-state index contributed by atoms with van der Waals surface area (Å²) in [5.74, 6) is -1.28. The third-order valence-electron chi connectivity index (χ3n) is 6.67. The van der Waals surface area contributed by atoms with Gasteiger partial charge in [0.15, 0.2) is 11.6 Å². The van der Waals surface area contributed by atoms with E-state index in [4.69, 9.17) is 10.5 Å². The molecule has 1 saturated carbocycles. The van der Waals surface area contributed by atoms with Gasteiger partial charge in [-0.25, -0.2) is 9.18 Å². The maximum Gasteiger partial charge on any atom is 0.341 e. The van der Waals surface area contributed by atoms with Gasteiger partial charge >= 0.3 is 5.97 Å². The summed E-state index contributed by atoms with van der Waals surface area (Å²) in [5.41, 5.74) is 7.07. The van der Waals surface area contributed by atoms with Gasteiger partial charge in [-0.05, 0) is 18.9 Å². The molecule has 1 aliphatic carbocycles. The average Bonchev–Trinajstić information content (AvgIpc) is 3.43. The van der Waals surface area contributed by atoms with Crippen LogP contribution in [0.1, 0.15) is 23.2 Å². The molecule has 30 heavy (non-hydrogen) atoms. The van der Waals surface area contributed by atoms with Gasteiger partial charge in [0.1, 0.15) is 16.8 Å². The van der Waals surface area contributed by atoms with Crippen LogP contribution >= 0.6 is 0 Å². The highest BCUT2D eigenvalue weighted by molar-refractivity contribution is 6.00. The number of anilines is 1. The lowest BCUT2D eigenvalue weighted by Gasteiger charge is -2.28. The van der Waals surface area contributed by atoms with Crippen molar-refractivity contribution in [2.75, 3.05) is 18.0 Å². The summed E-state index contributed by atoms with van der Waals surface area (Å²) in [6.45, 7) is 1.18. The number of hydrogen-bond acceptors (Lipinski definition) is 5. The van der Waals surface area contributed by atoms with Crippen molar-refractivity contribution in [1.29, 1.82) is 0 Å². The fourth-order valence-electron chi connectivity index (χ4n) is 4.91. The zero-order chi connectivity index (χ0) is 20.8. The van der Waals surface area contributed by atoms with Crippen LogP contribution in [0.3, 0.4) is 0 Å². The van der Waals surface area contributed by atoms with Crippen molar-refractivity contribution in [1.82, 2.24) is 4.40 Å². The second-order valence-corrected chi connectivity index (χ2v) is 8.40. The van der Waals surface area contributed by atoms with Crippen molar-refractivity contribution >= 4 is 17.2 Å². The molecule has 1 saturated heterocycles. The number of carbonyl (C=O) groups is 1. The van der Waals surface area contributed by atoms with Crippen LogP contribution in [0, 0.1) is 11.2 Å². The number of benzene rings is 1. The second-order valence-electron chi connectivity index (χ2n) is 8.40. The minimum absolute atomic E-state index is 0.0334. The Kier molecular flexibility index (Phi) is 3.26. The molecule has 3 N–H and O–H groups in total. The number of aromatic carboxylic acids is 1. The van der Waals surface area contributed by atoms with Crippen LogP contribution in [0.5, 0.6) is 11.5 Å². The molecule has 3 aliphatic rings. The topological polar surface area (TPSA) is 97.3 Å². The van der Waals surface area contributed by atoms with Gasteiger partial charge in [-0.1, -0.05) is 18.2 Å². The summed E-state index contributed by atoms with van der Waals surface area (Å²) in [4.78, 5) is 26.3. The van der Waals surface area contributed by atoms with Crippen LogP contribution in [-0.2, 0) is 0 Å². The minimum atomic E-state index is -1.39. The third kappa shape index (κ3) is 2.16. The van der Waals surface area contributed by atoms with E-state index >= 15 is 4.39 Å². The van der Waals surface area contributed by atoms with Gasteiger partial charge in [0.2, 0.25) is 0 Å². The normalized spacial score (nSPS) is 20.3. The van der Waals surface area contributed by atoms with Crippen LogP contribution in [-0.4, -0.2) is 34.6 Å². The zero-order valence-corrected chi connectivity index (χ0v) is 15.9. The Bertz CT molecular complexity index is 1330. The van der Waals surface area contributed by atoms with E-state index < -0.39 is 22.9 Å². The monoisotopic (exact) mass is 407 g/mol. The first-order valence-corrected chi connectivity index (χ1v) is 9.82. The molecule has 8 heteroatoms. The molecule has 3 aromatic rings. The van der Waals surface area contributed by atoms with Crippen molar-refractivity contribution < 1.29 is 19.0 Å². The van der Waals surface area contributed by atoms with Crippen molar-refractivity contribution in [3.63, 3.8) is 0 Å². The predicted octanol–water partition coefficient (Wildman–Crippen LogP) is 2.84. The quantitative estimate of drug-likeness (QED) is 0.530. The summed E-state index contributed by atoms with van der Waals surface area (Å²) in [5, 5.41) is 9.43. The number of pyridine rings is 2. The van der Waals surface area contributed by atoms with E-state index in [1.165, 1.54) is 6.07 Å². The molecule has 1 atom stereocenters. The van der Waals surface area contributed by atoms with E-state index in [0.717, 1.165) is 23.4 Å². The summed E-state index contributed by atoms with van der Waals surface area (Å²) >= 11 is 0. The van der Waals surface area contributed by atoms with Gasteiger partial charge < -0.3 is 20.5 Å². The number of halogens is 1. The second kappa shape index (κ2) is 5.60. The number of aromatic nitrogens is 1. The van der Waals surface area contributed by atoms with E-state index in [2.05, 4.69) is 0 Å². The molecule has 0 radical (unpaired) electrons. The number of para-hydroxylation sites is 1. The SMILES string of the molecule is NC1CN(c2c(F)cn3c(=O)c(C(=O)O)cc4c3c2-c2ccccc2O4)CC12CC2. The highest BCUT2D eigenvalue weighted by Gasteiger charge is 2.54. The molecule has 6 rings (SSSR count). The van der Waals surface area contributed by atoms with E-state index in [1.54, 1.807) is 12.1 Å². The number of rotatable bonds is 2. The first kappa shape index (κ1) is 17.5. The number of nitrogens with zero attached hydrogens (tertiary/aromatic N) is 2. The smallest absolute Gasteiger partial charge is 0.341 e. The lowest BCUT2D eigenvalue weighted by Crippen LogP contribution is -2.31. The first-order valence-electron chi connectivity index (χ1n) is 9.82. The Morgan fingerprint density at radius 2 is 2.03 bits per heavy atom.